The Kier molecular flexibility index (Phi) is 6.53. The number of rotatable bonds is 5. The molecule has 0 amide bonds. The maximum atomic E-state index is 6.36. The Morgan fingerprint density at radius 2 is 1.04 bits per heavy atom. The van der Waals surface area contributed by atoms with Gasteiger partial charge in [0.1, 0.15) is 11.2 Å². The zero-order valence-corrected chi connectivity index (χ0v) is 30.0. The van der Waals surface area contributed by atoms with Gasteiger partial charge in [0.2, 0.25) is 0 Å². The molecular formula is C50H31N5O. The molecule has 262 valence electrons. The Morgan fingerprint density at radius 3 is 1.86 bits per heavy atom. The minimum absolute atomic E-state index is 0.678. The van der Waals surface area contributed by atoms with Crippen molar-refractivity contribution in [3.8, 4) is 39.8 Å². The van der Waals surface area contributed by atoms with Crippen LogP contribution < -0.4 is 0 Å². The van der Waals surface area contributed by atoms with Gasteiger partial charge in [-0.05, 0) is 66.7 Å². The number of furan rings is 1. The van der Waals surface area contributed by atoms with E-state index in [1.54, 1.807) is 0 Å². The van der Waals surface area contributed by atoms with Crippen molar-refractivity contribution in [3.63, 3.8) is 0 Å². The Hall–Kier alpha value is -7.70. The average molecular weight is 718 g/mol. The van der Waals surface area contributed by atoms with Gasteiger partial charge >= 0.3 is 0 Å². The van der Waals surface area contributed by atoms with Crippen molar-refractivity contribution in [2.75, 3.05) is 0 Å². The highest BCUT2D eigenvalue weighted by Gasteiger charge is 2.23. The first kappa shape index (κ1) is 30.7. The van der Waals surface area contributed by atoms with Crippen LogP contribution in [-0.4, -0.2) is 23.9 Å². The number of hydrogen-bond donors (Lipinski definition) is 0. The average Bonchev–Trinajstić information content (AvgIpc) is 4.04. The van der Waals surface area contributed by atoms with Crippen molar-refractivity contribution in [2.45, 2.75) is 0 Å². The van der Waals surface area contributed by atoms with E-state index in [0.717, 1.165) is 83.4 Å². The fourth-order valence-electron chi connectivity index (χ4n) is 8.74. The molecule has 8 aromatic carbocycles. The minimum atomic E-state index is 0.678. The van der Waals surface area contributed by atoms with E-state index < -0.39 is 0 Å². The molecule has 6 heteroatoms. The van der Waals surface area contributed by atoms with Gasteiger partial charge in [-0.2, -0.15) is 0 Å². The molecule has 0 aliphatic rings. The highest BCUT2D eigenvalue weighted by molar-refractivity contribution is 6.27. The fourth-order valence-corrected chi connectivity index (χ4v) is 8.74. The van der Waals surface area contributed by atoms with E-state index in [4.69, 9.17) is 14.5 Å². The van der Waals surface area contributed by atoms with Crippen molar-refractivity contribution in [2.24, 2.45) is 0 Å². The number of nitrogens with zero attached hydrogens (tertiary/aromatic N) is 5. The lowest BCUT2D eigenvalue weighted by atomic mass is 10.1. The van der Waals surface area contributed by atoms with E-state index in [9.17, 15) is 0 Å². The van der Waals surface area contributed by atoms with E-state index in [0.29, 0.717) is 5.82 Å². The molecule has 6 nitrogen and oxygen atoms in total. The van der Waals surface area contributed by atoms with Crippen LogP contribution in [0.3, 0.4) is 0 Å². The molecule has 12 aromatic rings. The van der Waals surface area contributed by atoms with Crippen LogP contribution in [0.1, 0.15) is 0 Å². The Balaban J connectivity index is 1.13. The van der Waals surface area contributed by atoms with Crippen LogP contribution in [0, 0.1) is 0 Å². The lowest BCUT2D eigenvalue weighted by Crippen LogP contribution is -2.02. The molecule has 56 heavy (non-hydrogen) atoms. The van der Waals surface area contributed by atoms with Gasteiger partial charge in [-0.25, -0.2) is 9.67 Å². The van der Waals surface area contributed by atoms with Crippen LogP contribution in [0.5, 0.6) is 0 Å². The summed E-state index contributed by atoms with van der Waals surface area (Å²) in [6.45, 7) is 0. The topological polar surface area (TPSA) is 53.7 Å². The van der Waals surface area contributed by atoms with Crippen LogP contribution in [-0.2, 0) is 0 Å². The molecule has 4 aromatic heterocycles. The summed E-state index contributed by atoms with van der Waals surface area (Å²) in [7, 11) is 0. The van der Waals surface area contributed by atoms with Gasteiger partial charge in [-0.1, -0.05) is 121 Å². The molecule has 12 rings (SSSR count). The quantitative estimate of drug-likeness (QED) is 0.178. The summed E-state index contributed by atoms with van der Waals surface area (Å²) >= 11 is 0. The Bertz CT molecular complexity index is 3480. The standard InChI is InChI=1S/C50H31N5O/c1-3-15-32(16-4-1)49-51-50(55(52-49)33-17-5-2-6-18-33)40-25-14-24-37-36-21-7-10-26-41(36)54(48(37)40)35-20-13-19-34(31-35)53-42-27-11-8-22-38(42)46-43(53)29-30-45-47(46)39-23-9-12-28-44(39)56-45/h1-31H. The third-order valence-corrected chi connectivity index (χ3v) is 11.1. The highest BCUT2D eigenvalue weighted by Crippen LogP contribution is 2.43. The van der Waals surface area contributed by atoms with Crippen molar-refractivity contribution in [1.29, 1.82) is 0 Å². The maximum Gasteiger partial charge on any atom is 0.182 e. The second-order valence-corrected chi connectivity index (χ2v) is 14.2. The minimum Gasteiger partial charge on any atom is -0.456 e. The summed E-state index contributed by atoms with van der Waals surface area (Å²) in [5.41, 5.74) is 11.3. The third kappa shape index (κ3) is 4.44. The summed E-state index contributed by atoms with van der Waals surface area (Å²) in [4.78, 5) is 5.28. The lowest BCUT2D eigenvalue weighted by Gasteiger charge is -2.14. The number of hydrogen-bond acceptors (Lipinski definition) is 3. The lowest BCUT2D eigenvalue weighted by molar-refractivity contribution is 0.669. The Morgan fingerprint density at radius 1 is 0.411 bits per heavy atom. The van der Waals surface area contributed by atoms with Crippen molar-refractivity contribution >= 4 is 65.6 Å². The molecule has 0 spiro atoms. The molecule has 0 saturated heterocycles. The van der Waals surface area contributed by atoms with Crippen molar-refractivity contribution < 1.29 is 4.42 Å². The van der Waals surface area contributed by atoms with Gasteiger partial charge in [0.05, 0.1) is 27.8 Å². The molecule has 0 unspecified atom stereocenters. The summed E-state index contributed by atoms with van der Waals surface area (Å²) in [6.07, 6.45) is 0. The predicted octanol–water partition coefficient (Wildman–Crippen LogP) is 12.7. The second-order valence-electron chi connectivity index (χ2n) is 14.2. The van der Waals surface area contributed by atoms with Crippen LogP contribution in [0.25, 0.3) is 105 Å². The van der Waals surface area contributed by atoms with Crippen LogP contribution in [0.4, 0.5) is 0 Å². The van der Waals surface area contributed by atoms with E-state index in [1.165, 1.54) is 16.2 Å². The second kappa shape index (κ2) is 11.9. The molecule has 0 saturated carbocycles. The summed E-state index contributed by atoms with van der Waals surface area (Å²) in [5, 5.41) is 12.1. The fraction of sp³-hybridized carbons (Fsp3) is 0. The largest absolute Gasteiger partial charge is 0.456 e. The van der Waals surface area contributed by atoms with Crippen LogP contribution in [0.15, 0.2) is 192 Å². The monoisotopic (exact) mass is 717 g/mol. The zero-order valence-electron chi connectivity index (χ0n) is 30.0. The van der Waals surface area contributed by atoms with Gasteiger partial charge in [0.15, 0.2) is 11.6 Å². The normalized spacial score (nSPS) is 11.9. The molecule has 0 fully saturated rings. The van der Waals surface area contributed by atoms with E-state index >= 15 is 0 Å². The van der Waals surface area contributed by atoms with Crippen molar-refractivity contribution in [1.82, 2.24) is 23.9 Å². The third-order valence-electron chi connectivity index (χ3n) is 11.1. The Labute approximate surface area is 320 Å². The van der Waals surface area contributed by atoms with Gasteiger partial charge in [0, 0.05) is 54.8 Å². The summed E-state index contributed by atoms with van der Waals surface area (Å²) in [5.74, 6) is 1.46. The van der Waals surface area contributed by atoms with Crippen LogP contribution >= 0.6 is 0 Å². The summed E-state index contributed by atoms with van der Waals surface area (Å²) in [6, 6.07) is 65.9. The molecule has 4 heterocycles. The van der Waals surface area contributed by atoms with Gasteiger partial charge in [-0.3, -0.25) is 0 Å². The van der Waals surface area contributed by atoms with Gasteiger partial charge in [0.25, 0.3) is 0 Å². The van der Waals surface area contributed by atoms with E-state index in [1.807, 2.05) is 47.1 Å². The maximum absolute atomic E-state index is 6.36. The number of fused-ring (bicyclic) bond motifs is 10. The smallest absolute Gasteiger partial charge is 0.182 e. The van der Waals surface area contributed by atoms with Crippen molar-refractivity contribution in [3.05, 3.63) is 188 Å². The van der Waals surface area contributed by atoms with E-state index in [2.05, 4.69) is 155 Å². The predicted molar refractivity (Wildman–Crippen MR) is 228 cm³/mol. The van der Waals surface area contributed by atoms with E-state index in [-0.39, 0.29) is 0 Å². The summed E-state index contributed by atoms with van der Waals surface area (Å²) < 4.78 is 13.1. The first-order valence-electron chi connectivity index (χ1n) is 18.8. The number of para-hydroxylation sites is 5. The molecule has 0 radical (unpaired) electrons. The van der Waals surface area contributed by atoms with Gasteiger partial charge in [-0.15, -0.1) is 5.10 Å². The first-order valence-corrected chi connectivity index (χ1v) is 18.8. The molecule has 0 bridgehead atoms. The first-order chi connectivity index (χ1) is 27.8. The molecule has 0 aliphatic carbocycles. The zero-order chi connectivity index (χ0) is 36.7. The molecule has 0 N–H and O–H groups in total. The van der Waals surface area contributed by atoms with Crippen LogP contribution in [0.2, 0.25) is 0 Å². The highest BCUT2D eigenvalue weighted by atomic mass is 16.3. The number of aromatic nitrogens is 5. The molecular weight excluding hydrogens is 687 g/mol. The van der Waals surface area contributed by atoms with Gasteiger partial charge < -0.3 is 13.6 Å². The number of benzene rings is 8. The molecule has 0 atom stereocenters. The molecule has 0 aliphatic heterocycles. The SMILES string of the molecule is c1ccc(-c2nc(-c3cccc4c5ccccc5n(-c5cccc(-n6c7ccccc7c7c8c(ccc76)oc6ccccc68)c5)c34)n(-c3ccccc3)n2)cc1.